The second kappa shape index (κ2) is 9.01. The molecule has 32 heavy (non-hydrogen) atoms. The molecule has 2 amide bonds. The van der Waals surface area contributed by atoms with Gasteiger partial charge < -0.3 is 5.32 Å². The number of thioether (sulfide) groups is 1. The predicted octanol–water partition coefficient (Wildman–Crippen LogP) is 4.33. The fourth-order valence-corrected chi connectivity index (χ4v) is 4.36. The molecule has 1 N–H and O–H groups in total. The first kappa shape index (κ1) is 21.8. The Kier molecular flexibility index (Phi) is 6.15. The van der Waals surface area contributed by atoms with Gasteiger partial charge in [0, 0.05) is 5.56 Å². The molecule has 2 heterocycles. The van der Waals surface area contributed by atoms with Gasteiger partial charge in [-0.15, -0.1) is 0 Å². The third-order valence-electron chi connectivity index (χ3n) is 4.74. The zero-order chi connectivity index (χ0) is 22.8. The van der Waals surface area contributed by atoms with Crippen LogP contribution in [0, 0.1) is 19.7 Å². The van der Waals surface area contributed by atoms with E-state index in [-0.39, 0.29) is 22.5 Å². The quantitative estimate of drug-likeness (QED) is 0.440. The second-order valence-electron chi connectivity index (χ2n) is 7.15. The highest BCUT2D eigenvalue weighted by atomic mass is 32.2. The number of rotatable bonds is 5. The molecule has 2 aromatic carbocycles. The topological polar surface area (TPSA) is 88.3 Å². The van der Waals surface area contributed by atoms with Gasteiger partial charge in [-0.25, -0.2) is 9.02 Å². The Hall–Kier alpha value is -3.37. The van der Waals surface area contributed by atoms with Crippen LogP contribution in [0.4, 0.5) is 10.2 Å². The lowest BCUT2D eigenvalue weighted by molar-refractivity contribution is -0.126. The van der Waals surface area contributed by atoms with Gasteiger partial charge in [-0.2, -0.15) is 0 Å². The van der Waals surface area contributed by atoms with Crippen molar-refractivity contribution in [3.8, 4) is 11.3 Å². The molecule has 7 nitrogen and oxygen atoms in total. The molecule has 0 aliphatic carbocycles. The van der Waals surface area contributed by atoms with E-state index in [1.807, 2.05) is 32.0 Å². The highest BCUT2D eigenvalue weighted by Gasteiger charge is 2.33. The van der Waals surface area contributed by atoms with Crippen molar-refractivity contribution < 1.29 is 18.6 Å². The predicted molar refractivity (Wildman–Crippen MR) is 124 cm³/mol. The summed E-state index contributed by atoms with van der Waals surface area (Å²) in [7, 11) is 0. The lowest BCUT2D eigenvalue weighted by Gasteiger charge is -2.13. The van der Waals surface area contributed by atoms with Gasteiger partial charge in [-0.05, 0) is 59.6 Å². The fourth-order valence-electron chi connectivity index (χ4n) is 3.10. The summed E-state index contributed by atoms with van der Waals surface area (Å²) in [6, 6.07) is 11.6. The molecule has 0 saturated carbocycles. The van der Waals surface area contributed by atoms with E-state index in [9.17, 15) is 14.0 Å². The van der Waals surface area contributed by atoms with Crippen LogP contribution < -0.4 is 5.32 Å². The summed E-state index contributed by atoms with van der Waals surface area (Å²) in [6.07, 6.45) is 1.61. The summed E-state index contributed by atoms with van der Waals surface area (Å²) < 4.78 is 18.2. The SMILES string of the molecule is Cc1ccc(C)c(-c2nonc2NC(=O)CN2C(=O)/C(=C/c3ccc(F)cc3)SC2=S)c1. The molecule has 162 valence electrons. The van der Waals surface area contributed by atoms with Crippen LogP contribution in [0.5, 0.6) is 0 Å². The summed E-state index contributed by atoms with van der Waals surface area (Å²) in [4.78, 5) is 27.0. The first-order chi connectivity index (χ1) is 15.3. The maximum absolute atomic E-state index is 13.1. The minimum atomic E-state index is -0.494. The molecule has 1 fully saturated rings. The standard InChI is InChI=1S/C22H17FN4O3S2/c1-12-3-4-13(2)16(9-12)19-20(26-30-25-19)24-18(28)11-27-21(29)17(32-22(27)31)10-14-5-7-15(23)8-6-14/h3-10H,11H2,1-2H3,(H,24,26,28)/b17-10-. The van der Waals surface area contributed by atoms with E-state index in [0.29, 0.717) is 16.2 Å². The van der Waals surface area contributed by atoms with Crippen molar-refractivity contribution in [2.45, 2.75) is 13.8 Å². The molecular formula is C22H17FN4O3S2. The number of aryl methyl sites for hydroxylation is 2. The van der Waals surface area contributed by atoms with Crippen LogP contribution in [-0.2, 0) is 9.59 Å². The highest BCUT2D eigenvalue weighted by molar-refractivity contribution is 8.26. The van der Waals surface area contributed by atoms with Gasteiger partial charge >= 0.3 is 0 Å². The van der Waals surface area contributed by atoms with Crippen LogP contribution in [-0.4, -0.2) is 37.9 Å². The number of carbonyl (C=O) groups is 2. The van der Waals surface area contributed by atoms with Gasteiger partial charge in [0.05, 0.1) is 4.91 Å². The maximum atomic E-state index is 13.1. The Morgan fingerprint density at radius 3 is 2.72 bits per heavy atom. The number of halogens is 1. The number of aromatic nitrogens is 2. The van der Waals surface area contributed by atoms with Gasteiger partial charge in [0.15, 0.2) is 5.69 Å². The van der Waals surface area contributed by atoms with Crippen molar-refractivity contribution in [2.24, 2.45) is 0 Å². The number of carbonyl (C=O) groups excluding carboxylic acids is 2. The van der Waals surface area contributed by atoms with Crippen LogP contribution in [0.15, 0.2) is 52.0 Å². The van der Waals surface area contributed by atoms with Crippen LogP contribution in [0.25, 0.3) is 17.3 Å². The molecule has 4 rings (SSSR count). The van der Waals surface area contributed by atoms with Crippen molar-refractivity contribution in [3.63, 3.8) is 0 Å². The smallest absolute Gasteiger partial charge is 0.266 e. The van der Waals surface area contributed by atoms with Crippen molar-refractivity contribution in [1.29, 1.82) is 0 Å². The summed E-state index contributed by atoms with van der Waals surface area (Å²) in [5.41, 5.74) is 3.82. The number of nitrogens with one attached hydrogen (secondary N) is 1. The van der Waals surface area contributed by atoms with E-state index < -0.39 is 11.8 Å². The van der Waals surface area contributed by atoms with E-state index in [1.165, 1.54) is 17.0 Å². The molecule has 10 heteroatoms. The molecule has 1 saturated heterocycles. The first-order valence-corrected chi connectivity index (χ1v) is 10.8. The number of benzene rings is 2. The summed E-state index contributed by atoms with van der Waals surface area (Å²) in [5.74, 6) is -1.09. The van der Waals surface area contributed by atoms with Gasteiger partial charge in [0.25, 0.3) is 5.91 Å². The van der Waals surface area contributed by atoms with Gasteiger partial charge in [-0.1, -0.05) is 53.8 Å². The first-order valence-electron chi connectivity index (χ1n) is 9.53. The second-order valence-corrected chi connectivity index (χ2v) is 8.82. The molecule has 1 aliphatic rings. The average Bonchev–Trinajstić information content (AvgIpc) is 3.31. The molecule has 0 atom stereocenters. The molecule has 1 aliphatic heterocycles. The molecule has 1 aromatic heterocycles. The normalized spacial score (nSPS) is 15.0. The third kappa shape index (κ3) is 4.61. The van der Waals surface area contributed by atoms with Crippen molar-refractivity contribution in [1.82, 2.24) is 15.2 Å². The molecule has 0 unspecified atom stereocenters. The number of hydrogen-bond donors (Lipinski definition) is 1. The van der Waals surface area contributed by atoms with E-state index in [0.717, 1.165) is 28.5 Å². The monoisotopic (exact) mass is 468 g/mol. The molecular weight excluding hydrogens is 451 g/mol. The zero-order valence-corrected chi connectivity index (χ0v) is 18.7. The zero-order valence-electron chi connectivity index (χ0n) is 17.1. The number of anilines is 1. The summed E-state index contributed by atoms with van der Waals surface area (Å²) in [6.45, 7) is 3.58. The lowest BCUT2D eigenvalue weighted by Crippen LogP contribution is -2.36. The Balaban J connectivity index is 1.48. The Morgan fingerprint density at radius 1 is 1.22 bits per heavy atom. The Bertz CT molecular complexity index is 1250. The largest absolute Gasteiger partial charge is 0.304 e. The molecule has 0 bridgehead atoms. The number of hydrogen-bond acceptors (Lipinski definition) is 7. The molecule has 0 radical (unpaired) electrons. The van der Waals surface area contributed by atoms with Gasteiger partial charge in [-0.3, -0.25) is 14.5 Å². The van der Waals surface area contributed by atoms with Crippen molar-refractivity contribution >= 4 is 52.0 Å². The number of amides is 2. The summed E-state index contributed by atoms with van der Waals surface area (Å²) >= 11 is 6.36. The number of nitrogens with zero attached hydrogens (tertiary/aromatic N) is 3. The minimum Gasteiger partial charge on any atom is -0.304 e. The van der Waals surface area contributed by atoms with Gasteiger partial charge in [0.1, 0.15) is 16.7 Å². The average molecular weight is 469 g/mol. The summed E-state index contributed by atoms with van der Waals surface area (Å²) in [5, 5.41) is 10.4. The van der Waals surface area contributed by atoms with E-state index in [1.54, 1.807) is 18.2 Å². The molecule has 0 spiro atoms. The number of thiocarbonyl (C=S) groups is 1. The van der Waals surface area contributed by atoms with Gasteiger partial charge in [0.2, 0.25) is 11.7 Å². The Labute approximate surface area is 192 Å². The minimum absolute atomic E-state index is 0.163. The van der Waals surface area contributed by atoms with Crippen LogP contribution in [0.3, 0.4) is 0 Å². The van der Waals surface area contributed by atoms with Crippen molar-refractivity contribution in [3.05, 3.63) is 69.9 Å². The lowest BCUT2D eigenvalue weighted by atomic mass is 10.0. The maximum Gasteiger partial charge on any atom is 0.266 e. The van der Waals surface area contributed by atoms with E-state index >= 15 is 0 Å². The van der Waals surface area contributed by atoms with E-state index in [4.69, 9.17) is 16.8 Å². The van der Waals surface area contributed by atoms with E-state index in [2.05, 4.69) is 15.6 Å². The highest BCUT2D eigenvalue weighted by Crippen LogP contribution is 2.33. The molecule has 3 aromatic rings. The Morgan fingerprint density at radius 2 is 1.97 bits per heavy atom. The fraction of sp³-hybridized carbons (Fsp3) is 0.136. The third-order valence-corrected chi connectivity index (χ3v) is 6.12. The van der Waals surface area contributed by atoms with Crippen molar-refractivity contribution in [2.75, 3.05) is 11.9 Å². The van der Waals surface area contributed by atoms with Crippen LogP contribution in [0.2, 0.25) is 0 Å². The van der Waals surface area contributed by atoms with Crippen LogP contribution in [0.1, 0.15) is 16.7 Å². The van der Waals surface area contributed by atoms with Crippen LogP contribution >= 0.6 is 24.0 Å².